The minimum atomic E-state index is 0.240. The van der Waals surface area contributed by atoms with E-state index in [1.165, 1.54) is 6.20 Å². The molecule has 4 nitrogen and oxygen atoms in total. The zero-order valence-electron chi connectivity index (χ0n) is 11.2. The molecule has 0 unspecified atom stereocenters. The smallest absolute Gasteiger partial charge is 0.182 e. The van der Waals surface area contributed by atoms with E-state index in [-0.39, 0.29) is 5.92 Å². The Morgan fingerprint density at radius 3 is 2.50 bits per heavy atom. The maximum absolute atomic E-state index is 6.17. The lowest BCUT2D eigenvalue weighted by Crippen LogP contribution is -2.05. The highest BCUT2D eigenvalue weighted by Gasteiger charge is 2.17. The van der Waals surface area contributed by atoms with Gasteiger partial charge in [0.25, 0.3) is 0 Å². The van der Waals surface area contributed by atoms with Crippen molar-refractivity contribution in [3.63, 3.8) is 0 Å². The van der Waals surface area contributed by atoms with Crippen LogP contribution in [0.15, 0.2) is 16.7 Å². The van der Waals surface area contributed by atoms with E-state index >= 15 is 0 Å². The van der Waals surface area contributed by atoms with Gasteiger partial charge in [-0.2, -0.15) is 0 Å². The second-order valence-electron chi connectivity index (χ2n) is 4.48. The average Bonchev–Trinajstić information content (AvgIpc) is 2.39. The lowest BCUT2D eigenvalue weighted by molar-refractivity contribution is 0.809. The van der Waals surface area contributed by atoms with Gasteiger partial charge in [-0.3, -0.25) is 0 Å². The molecule has 0 amide bonds. The Bertz CT molecular complexity index is 647. The second kappa shape index (κ2) is 6.24. The molecule has 0 aromatic carbocycles. The molecule has 2 aromatic rings. The predicted molar refractivity (Wildman–Crippen MR) is 86.6 cm³/mol. The third-order valence-electron chi connectivity index (χ3n) is 2.68. The van der Waals surface area contributed by atoms with Gasteiger partial charge in [-0.1, -0.05) is 37.0 Å². The third kappa shape index (κ3) is 3.05. The number of anilines is 1. The van der Waals surface area contributed by atoms with Crippen molar-refractivity contribution in [2.45, 2.75) is 19.8 Å². The molecule has 0 bridgehead atoms. The van der Waals surface area contributed by atoms with Crippen LogP contribution in [0, 0.1) is 0 Å². The summed E-state index contributed by atoms with van der Waals surface area (Å²) in [5, 5.41) is 3.94. The summed E-state index contributed by atoms with van der Waals surface area (Å²) >= 11 is 15.6. The van der Waals surface area contributed by atoms with Crippen LogP contribution < -0.4 is 5.32 Å². The lowest BCUT2D eigenvalue weighted by Gasteiger charge is -2.13. The summed E-state index contributed by atoms with van der Waals surface area (Å²) in [7, 11) is 1.80. The van der Waals surface area contributed by atoms with Crippen molar-refractivity contribution in [2.24, 2.45) is 0 Å². The standard InChI is InChI=1S/C13H13BrCl2N4/c1-6(2)10-9(14)12(17-3)20-13(19-10)11-8(16)4-7(15)5-18-11/h4-6H,1-3H3,(H,17,19,20). The van der Waals surface area contributed by atoms with Crippen molar-refractivity contribution in [1.29, 1.82) is 0 Å². The minimum absolute atomic E-state index is 0.240. The number of hydrogen-bond acceptors (Lipinski definition) is 4. The third-order valence-corrected chi connectivity index (χ3v) is 3.96. The first-order chi connectivity index (χ1) is 9.43. The van der Waals surface area contributed by atoms with Crippen molar-refractivity contribution in [2.75, 3.05) is 12.4 Å². The largest absolute Gasteiger partial charge is 0.372 e. The summed E-state index contributed by atoms with van der Waals surface area (Å²) in [5.74, 6) is 1.42. The molecule has 0 saturated carbocycles. The van der Waals surface area contributed by atoms with Gasteiger partial charge in [0.2, 0.25) is 0 Å². The molecule has 0 atom stereocenters. The van der Waals surface area contributed by atoms with Crippen LogP contribution in [0.3, 0.4) is 0 Å². The van der Waals surface area contributed by atoms with E-state index in [0.717, 1.165) is 10.2 Å². The van der Waals surface area contributed by atoms with E-state index in [1.54, 1.807) is 13.1 Å². The van der Waals surface area contributed by atoms with Gasteiger partial charge in [0, 0.05) is 13.2 Å². The second-order valence-corrected chi connectivity index (χ2v) is 6.12. The van der Waals surface area contributed by atoms with Gasteiger partial charge in [-0.15, -0.1) is 0 Å². The SMILES string of the molecule is CNc1nc(-c2ncc(Cl)cc2Cl)nc(C(C)C)c1Br. The summed E-state index contributed by atoms with van der Waals surface area (Å²) in [4.78, 5) is 13.2. The Hall–Kier alpha value is -0.910. The normalized spacial score (nSPS) is 10.9. The Morgan fingerprint density at radius 2 is 1.95 bits per heavy atom. The van der Waals surface area contributed by atoms with Gasteiger partial charge in [0.1, 0.15) is 11.5 Å². The molecule has 0 fully saturated rings. The first kappa shape index (κ1) is 15.5. The summed E-state index contributed by atoms with van der Waals surface area (Å²) in [6.45, 7) is 4.13. The van der Waals surface area contributed by atoms with E-state index < -0.39 is 0 Å². The fraction of sp³-hybridized carbons (Fsp3) is 0.308. The number of pyridine rings is 1. The van der Waals surface area contributed by atoms with Gasteiger partial charge >= 0.3 is 0 Å². The number of nitrogens with one attached hydrogen (secondary N) is 1. The quantitative estimate of drug-likeness (QED) is 0.839. The Morgan fingerprint density at radius 1 is 1.25 bits per heavy atom. The number of nitrogens with zero attached hydrogens (tertiary/aromatic N) is 3. The molecule has 0 spiro atoms. The number of hydrogen-bond donors (Lipinski definition) is 1. The summed E-state index contributed by atoms with van der Waals surface area (Å²) in [5.41, 5.74) is 1.41. The van der Waals surface area contributed by atoms with E-state index in [1.807, 2.05) is 0 Å². The van der Waals surface area contributed by atoms with Gasteiger partial charge in [-0.05, 0) is 27.9 Å². The van der Waals surface area contributed by atoms with Gasteiger partial charge in [0.05, 0.1) is 20.2 Å². The van der Waals surface area contributed by atoms with E-state index in [9.17, 15) is 0 Å². The maximum Gasteiger partial charge on any atom is 0.182 e. The van der Waals surface area contributed by atoms with Gasteiger partial charge in [-0.25, -0.2) is 15.0 Å². The maximum atomic E-state index is 6.17. The molecule has 0 radical (unpaired) electrons. The van der Waals surface area contributed by atoms with Crippen LogP contribution in [0.25, 0.3) is 11.5 Å². The monoisotopic (exact) mass is 374 g/mol. The van der Waals surface area contributed by atoms with Crippen LogP contribution in [-0.4, -0.2) is 22.0 Å². The molecule has 20 heavy (non-hydrogen) atoms. The van der Waals surface area contributed by atoms with Gasteiger partial charge in [0.15, 0.2) is 5.82 Å². The lowest BCUT2D eigenvalue weighted by atomic mass is 10.1. The Labute approximate surface area is 136 Å². The molecule has 1 N–H and O–H groups in total. The van der Waals surface area contributed by atoms with Gasteiger partial charge < -0.3 is 5.32 Å². The molecule has 106 valence electrons. The molecule has 2 rings (SSSR count). The summed E-state index contributed by atoms with van der Waals surface area (Å²) < 4.78 is 0.851. The van der Waals surface area contributed by atoms with Crippen LogP contribution in [0.1, 0.15) is 25.5 Å². The van der Waals surface area contributed by atoms with E-state index in [2.05, 4.69) is 50.0 Å². The van der Waals surface area contributed by atoms with E-state index in [4.69, 9.17) is 23.2 Å². The molecule has 2 aromatic heterocycles. The van der Waals surface area contributed by atoms with Crippen LogP contribution in [0.2, 0.25) is 10.0 Å². The van der Waals surface area contributed by atoms with Crippen LogP contribution in [0.4, 0.5) is 5.82 Å². The van der Waals surface area contributed by atoms with Crippen LogP contribution in [-0.2, 0) is 0 Å². The highest BCUT2D eigenvalue weighted by molar-refractivity contribution is 9.10. The molecule has 2 heterocycles. The molecule has 0 aliphatic heterocycles. The van der Waals surface area contributed by atoms with Crippen molar-refractivity contribution in [3.8, 4) is 11.5 Å². The van der Waals surface area contributed by atoms with E-state index in [0.29, 0.717) is 27.4 Å². The van der Waals surface area contributed by atoms with Crippen molar-refractivity contribution in [3.05, 3.63) is 32.5 Å². The zero-order valence-corrected chi connectivity index (χ0v) is 14.3. The molecule has 0 saturated heterocycles. The Balaban J connectivity index is 2.65. The zero-order chi connectivity index (χ0) is 14.9. The fourth-order valence-electron chi connectivity index (χ4n) is 1.70. The molecule has 0 aliphatic carbocycles. The van der Waals surface area contributed by atoms with Crippen molar-refractivity contribution < 1.29 is 0 Å². The van der Waals surface area contributed by atoms with Crippen LogP contribution in [0.5, 0.6) is 0 Å². The summed E-state index contributed by atoms with van der Waals surface area (Å²) in [6, 6.07) is 1.63. The first-order valence-electron chi connectivity index (χ1n) is 6.00. The molecule has 7 heteroatoms. The first-order valence-corrected chi connectivity index (χ1v) is 7.55. The number of halogens is 3. The number of aromatic nitrogens is 3. The molecular formula is C13H13BrCl2N4. The number of rotatable bonds is 3. The van der Waals surface area contributed by atoms with Crippen molar-refractivity contribution in [1.82, 2.24) is 15.0 Å². The Kier molecular flexibility index (Phi) is 4.83. The fourth-order valence-corrected chi connectivity index (χ4v) is 3.00. The highest BCUT2D eigenvalue weighted by atomic mass is 79.9. The van der Waals surface area contributed by atoms with Crippen molar-refractivity contribution >= 4 is 44.9 Å². The molecule has 0 aliphatic rings. The summed E-state index contributed by atoms with van der Waals surface area (Å²) in [6.07, 6.45) is 1.53. The predicted octanol–water partition coefficient (Wildman–Crippen LogP) is 4.77. The minimum Gasteiger partial charge on any atom is -0.372 e. The topological polar surface area (TPSA) is 50.7 Å². The average molecular weight is 376 g/mol. The highest BCUT2D eigenvalue weighted by Crippen LogP contribution is 2.33. The molecular weight excluding hydrogens is 363 g/mol. The van der Waals surface area contributed by atoms with Crippen LogP contribution >= 0.6 is 39.1 Å².